The van der Waals surface area contributed by atoms with Gasteiger partial charge in [-0.3, -0.25) is 9.59 Å². The molecule has 0 saturated carbocycles. The summed E-state index contributed by atoms with van der Waals surface area (Å²) in [7, 11) is 0. The van der Waals surface area contributed by atoms with Crippen LogP contribution >= 0.6 is 0 Å². The highest BCUT2D eigenvalue weighted by Gasteiger charge is 2.37. The molecule has 0 aliphatic carbocycles. The molecule has 152 valence electrons. The number of anilines is 1. The molecule has 0 aromatic heterocycles. The van der Waals surface area contributed by atoms with E-state index in [2.05, 4.69) is 17.1 Å². The van der Waals surface area contributed by atoms with Crippen molar-refractivity contribution in [3.8, 4) is 0 Å². The monoisotopic (exact) mass is 395 g/mol. The van der Waals surface area contributed by atoms with Gasteiger partial charge in [-0.25, -0.2) is 4.39 Å². The zero-order valence-corrected chi connectivity index (χ0v) is 16.7. The van der Waals surface area contributed by atoms with Gasteiger partial charge in [-0.2, -0.15) is 0 Å². The molecule has 6 heteroatoms. The zero-order valence-electron chi connectivity index (χ0n) is 16.7. The van der Waals surface area contributed by atoms with Gasteiger partial charge in [0.15, 0.2) is 0 Å². The van der Waals surface area contributed by atoms with Gasteiger partial charge in [-0.05, 0) is 62.1 Å². The Morgan fingerprint density at radius 2 is 2.03 bits per heavy atom. The quantitative estimate of drug-likeness (QED) is 0.853. The number of nitrogens with one attached hydrogen (secondary N) is 1. The molecule has 2 aliphatic rings. The molecule has 2 aromatic carbocycles. The van der Waals surface area contributed by atoms with Crippen LogP contribution in [0.15, 0.2) is 42.5 Å². The molecule has 5 nitrogen and oxygen atoms in total. The number of hydrogen-bond acceptors (Lipinski definition) is 3. The predicted octanol–water partition coefficient (Wildman–Crippen LogP) is 3.94. The lowest BCUT2D eigenvalue weighted by Gasteiger charge is -2.44. The first-order valence-corrected chi connectivity index (χ1v) is 10.3. The number of rotatable bonds is 4. The number of amides is 2. The van der Waals surface area contributed by atoms with E-state index in [1.807, 2.05) is 11.0 Å². The number of nitrogens with zero attached hydrogens (tertiary/aromatic N) is 2. The Kier molecular flexibility index (Phi) is 5.51. The molecule has 1 unspecified atom stereocenters. The lowest BCUT2D eigenvalue weighted by molar-refractivity contribution is 0.0656. The molecule has 29 heavy (non-hydrogen) atoms. The Balaban J connectivity index is 1.58. The van der Waals surface area contributed by atoms with Gasteiger partial charge in [0.05, 0.1) is 11.3 Å². The van der Waals surface area contributed by atoms with E-state index in [-0.39, 0.29) is 30.3 Å². The van der Waals surface area contributed by atoms with E-state index in [1.54, 1.807) is 24.3 Å². The molecule has 1 fully saturated rings. The van der Waals surface area contributed by atoms with Crippen molar-refractivity contribution in [3.63, 3.8) is 0 Å². The third-order valence-corrected chi connectivity index (χ3v) is 5.82. The maximum Gasteiger partial charge on any atom is 0.257 e. The second kappa shape index (κ2) is 8.23. The van der Waals surface area contributed by atoms with E-state index >= 15 is 0 Å². The van der Waals surface area contributed by atoms with Gasteiger partial charge in [-0.1, -0.05) is 18.6 Å². The summed E-state index contributed by atoms with van der Waals surface area (Å²) < 4.78 is 13.3. The van der Waals surface area contributed by atoms with Crippen molar-refractivity contribution < 1.29 is 14.0 Å². The van der Waals surface area contributed by atoms with Crippen LogP contribution in [0.3, 0.4) is 0 Å². The highest BCUT2D eigenvalue weighted by molar-refractivity contribution is 6.04. The molecule has 2 heterocycles. The molecule has 2 aliphatic heterocycles. The summed E-state index contributed by atoms with van der Waals surface area (Å²) >= 11 is 0. The lowest BCUT2D eigenvalue weighted by atomic mass is 10.0. The van der Waals surface area contributed by atoms with Crippen molar-refractivity contribution in [1.29, 1.82) is 0 Å². The SMILES string of the molecule is CCN1c2cc(C(=O)NCc3cccc(F)c3)ccc2C(=O)N2CCCCCC21. The first-order valence-electron chi connectivity index (χ1n) is 10.3. The number of hydrogen-bond donors (Lipinski definition) is 1. The molecule has 1 atom stereocenters. The fourth-order valence-corrected chi connectivity index (χ4v) is 4.37. The summed E-state index contributed by atoms with van der Waals surface area (Å²) in [6.45, 7) is 3.89. The minimum Gasteiger partial charge on any atom is -0.351 e. The third-order valence-electron chi connectivity index (χ3n) is 5.82. The minimum atomic E-state index is -0.324. The third kappa shape index (κ3) is 3.84. The number of carbonyl (C=O) groups excluding carboxylic acids is 2. The summed E-state index contributed by atoms with van der Waals surface area (Å²) in [5, 5.41) is 2.84. The van der Waals surface area contributed by atoms with Crippen LogP contribution in [0.1, 0.15) is 58.9 Å². The standard InChI is InChI=1S/C23H26FN3O2/c1-2-26-20-14-17(22(28)25-15-16-7-6-8-18(24)13-16)10-11-19(20)23(29)27-12-5-3-4-9-21(26)27/h6-8,10-11,13-14,21H,2-5,9,12,15H2,1H3,(H,25,28). The van der Waals surface area contributed by atoms with E-state index < -0.39 is 0 Å². The first-order chi connectivity index (χ1) is 14.1. The van der Waals surface area contributed by atoms with Crippen LogP contribution in [0, 0.1) is 5.82 Å². The molecule has 2 amide bonds. The summed E-state index contributed by atoms with van der Waals surface area (Å²) in [5.41, 5.74) is 2.70. The van der Waals surface area contributed by atoms with E-state index in [4.69, 9.17) is 0 Å². The molecular formula is C23H26FN3O2. The number of fused-ring (bicyclic) bond motifs is 2. The van der Waals surface area contributed by atoms with Gasteiger partial charge in [0.25, 0.3) is 11.8 Å². The Morgan fingerprint density at radius 1 is 1.17 bits per heavy atom. The van der Waals surface area contributed by atoms with Crippen LogP contribution in [-0.4, -0.2) is 36.0 Å². The average Bonchev–Trinajstić information content (AvgIpc) is 2.98. The molecule has 4 rings (SSSR count). The zero-order chi connectivity index (χ0) is 20.4. The fraction of sp³-hybridized carbons (Fsp3) is 0.391. The Labute approximate surface area is 170 Å². The van der Waals surface area contributed by atoms with Crippen LogP contribution < -0.4 is 10.2 Å². The summed E-state index contributed by atoms with van der Waals surface area (Å²) in [4.78, 5) is 30.0. The van der Waals surface area contributed by atoms with Crippen LogP contribution in [-0.2, 0) is 6.54 Å². The summed E-state index contributed by atoms with van der Waals surface area (Å²) in [6, 6.07) is 11.5. The van der Waals surface area contributed by atoms with Gasteiger partial charge in [0, 0.05) is 25.2 Å². The normalized spacial score (nSPS) is 18.7. The lowest BCUT2D eigenvalue weighted by Crippen LogP contribution is -2.55. The van der Waals surface area contributed by atoms with Crippen LogP contribution in [0.2, 0.25) is 0 Å². The van der Waals surface area contributed by atoms with E-state index in [1.165, 1.54) is 12.1 Å². The fourth-order valence-electron chi connectivity index (χ4n) is 4.37. The van der Waals surface area contributed by atoms with Crippen molar-refractivity contribution in [2.75, 3.05) is 18.0 Å². The Bertz CT molecular complexity index is 930. The molecule has 0 spiro atoms. The Hall–Kier alpha value is -2.89. The minimum absolute atomic E-state index is 0.0586. The molecule has 0 radical (unpaired) electrons. The summed E-state index contributed by atoms with van der Waals surface area (Å²) in [6.07, 6.45) is 4.30. The summed E-state index contributed by atoms with van der Waals surface area (Å²) in [5.74, 6) is -0.497. The molecule has 2 aromatic rings. The van der Waals surface area contributed by atoms with Crippen molar-refractivity contribution in [2.24, 2.45) is 0 Å². The first kappa shape index (κ1) is 19.4. The molecule has 0 bridgehead atoms. The highest BCUT2D eigenvalue weighted by Crippen LogP contribution is 2.35. The number of benzene rings is 2. The smallest absolute Gasteiger partial charge is 0.257 e. The maximum absolute atomic E-state index is 13.3. The van der Waals surface area contributed by atoms with E-state index in [0.717, 1.165) is 44.5 Å². The molecule has 1 N–H and O–H groups in total. The van der Waals surface area contributed by atoms with Crippen molar-refractivity contribution in [1.82, 2.24) is 10.2 Å². The van der Waals surface area contributed by atoms with Gasteiger partial charge >= 0.3 is 0 Å². The van der Waals surface area contributed by atoms with Crippen LogP contribution in [0.4, 0.5) is 10.1 Å². The van der Waals surface area contributed by atoms with Crippen molar-refractivity contribution >= 4 is 17.5 Å². The van der Waals surface area contributed by atoms with Crippen molar-refractivity contribution in [3.05, 3.63) is 65.0 Å². The second-order valence-corrected chi connectivity index (χ2v) is 7.66. The topological polar surface area (TPSA) is 52.7 Å². The van der Waals surface area contributed by atoms with Crippen LogP contribution in [0.5, 0.6) is 0 Å². The average molecular weight is 395 g/mol. The van der Waals surface area contributed by atoms with Crippen LogP contribution in [0.25, 0.3) is 0 Å². The van der Waals surface area contributed by atoms with Gasteiger partial charge in [-0.15, -0.1) is 0 Å². The second-order valence-electron chi connectivity index (χ2n) is 7.66. The largest absolute Gasteiger partial charge is 0.351 e. The molecular weight excluding hydrogens is 369 g/mol. The number of carbonyl (C=O) groups is 2. The van der Waals surface area contributed by atoms with E-state index in [9.17, 15) is 14.0 Å². The maximum atomic E-state index is 13.3. The van der Waals surface area contributed by atoms with Gasteiger partial charge < -0.3 is 15.1 Å². The van der Waals surface area contributed by atoms with Gasteiger partial charge in [0.1, 0.15) is 12.0 Å². The number of halogens is 1. The predicted molar refractivity (Wildman–Crippen MR) is 110 cm³/mol. The van der Waals surface area contributed by atoms with E-state index in [0.29, 0.717) is 16.7 Å². The van der Waals surface area contributed by atoms with Gasteiger partial charge in [0.2, 0.25) is 0 Å². The molecule has 1 saturated heterocycles. The Morgan fingerprint density at radius 3 is 2.83 bits per heavy atom. The van der Waals surface area contributed by atoms with Crippen molar-refractivity contribution in [2.45, 2.75) is 45.3 Å². The highest BCUT2D eigenvalue weighted by atomic mass is 19.1.